The first-order valence-corrected chi connectivity index (χ1v) is 7.60. The number of amides is 1. The Morgan fingerprint density at radius 3 is 2.64 bits per heavy atom. The van der Waals surface area contributed by atoms with E-state index in [1.54, 1.807) is 23.0 Å². The van der Waals surface area contributed by atoms with E-state index in [0.29, 0.717) is 22.8 Å². The maximum Gasteiger partial charge on any atom is 0.254 e. The van der Waals surface area contributed by atoms with Crippen LogP contribution in [0.25, 0.3) is 5.69 Å². The van der Waals surface area contributed by atoms with E-state index in [-0.39, 0.29) is 5.91 Å². The molecule has 5 nitrogen and oxygen atoms in total. The van der Waals surface area contributed by atoms with Gasteiger partial charge in [0.05, 0.1) is 16.9 Å². The molecule has 1 amide bonds. The minimum Gasteiger partial charge on any atom is -0.352 e. The van der Waals surface area contributed by atoms with Crippen molar-refractivity contribution >= 4 is 17.5 Å². The topological polar surface area (TPSA) is 50.2 Å². The summed E-state index contributed by atoms with van der Waals surface area (Å²) in [5.74, 6) is -0.0866. The van der Waals surface area contributed by atoms with Crippen LogP contribution in [0.15, 0.2) is 30.5 Å². The number of aromatic nitrogens is 2. The minimum absolute atomic E-state index is 0.0866. The third-order valence-corrected chi connectivity index (χ3v) is 3.55. The fraction of sp³-hybridized carbons (Fsp3) is 0.375. The van der Waals surface area contributed by atoms with Crippen LogP contribution in [0.2, 0.25) is 5.02 Å². The molecule has 0 saturated heterocycles. The van der Waals surface area contributed by atoms with Gasteiger partial charge < -0.3 is 10.2 Å². The molecule has 0 bridgehead atoms. The van der Waals surface area contributed by atoms with Gasteiger partial charge in [0.25, 0.3) is 5.91 Å². The van der Waals surface area contributed by atoms with Crippen molar-refractivity contribution in [3.8, 4) is 5.69 Å². The number of aryl methyl sites for hydroxylation is 1. The molecule has 1 heterocycles. The molecule has 0 unspecified atom stereocenters. The third-order valence-electron chi connectivity index (χ3n) is 3.30. The lowest BCUT2D eigenvalue weighted by atomic mass is 10.2. The second-order valence-corrected chi connectivity index (χ2v) is 5.90. The van der Waals surface area contributed by atoms with E-state index in [9.17, 15) is 4.79 Å². The quantitative estimate of drug-likeness (QED) is 0.832. The average molecular weight is 321 g/mol. The van der Waals surface area contributed by atoms with E-state index < -0.39 is 0 Å². The Hall–Kier alpha value is -1.85. The Morgan fingerprint density at radius 2 is 2.00 bits per heavy atom. The number of hydrogen-bond acceptors (Lipinski definition) is 3. The Kier molecular flexibility index (Phi) is 5.57. The van der Waals surface area contributed by atoms with E-state index in [2.05, 4.69) is 15.3 Å². The van der Waals surface area contributed by atoms with Gasteiger partial charge in [-0.05, 0) is 58.3 Å². The molecule has 0 radical (unpaired) electrons. The highest BCUT2D eigenvalue weighted by Crippen LogP contribution is 2.15. The number of nitrogens with zero attached hydrogens (tertiary/aromatic N) is 3. The van der Waals surface area contributed by atoms with E-state index in [0.717, 1.165) is 18.7 Å². The molecule has 2 rings (SSSR count). The predicted octanol–water partition coefficient (Wildman–Crippen LogP) is 2.52. The normalized spacial score (nSPS) is 11.0. The summed E-state index contributed by atoms with van der Waals surface area (Å²) in [7, 11) is 4.03. The first-order valence-electron chi connectivity index (χ1n) is 7.22. The third kappa shape index (κ3) is 4.32. The second kappa shape index (κ2) is 7.42. The smallest absolute Gasteiger partial charge is 0.254 e. The van der Waals surface area contributed by atoms with Crippen LogP contribution in [-0.2, 0) is 0 Å². The fourth-order valence-corrected chi connectivity index (χ4v) is 2.23. The van der Waals surface area contributed by atoms with Gasteiger partial charge in [-0.1, -0.05) is 11.6 Å². The summed E-state index contributed by atoms with van der Waals surface area (Å²) in [4.78, 5) is 14.3. The molecule has 2 aromatic rings. The van der Waals surface area contributed by atoms with Gasteiger partial charge in [-0.25, -0.2) is 4.68 Å². The molecule has 22 heavy (non-hydrogen) atoms. The van der Waals surface area contributed by atoms with Crippen molar-refractivity contribution in [2.45, 2.75) is 13.3 Å². The van der Waals surface area contributed by atoms with Crippen LogP contribution in [0, 0.1) is 6.92 Å². The molecule has 0 aliphatic carbocycles. The first-order chi connectivity index (χ1) is 10.5. The molecule has 0 aliphatic rings. The van der Waals surface area contributed by atoms with Crippen LogP contribution in [0.4, 0.5) is 0 Å². The monoisotopic (exact) mass is 320 g/mol. The van der Waals surface area contributed by atoms with Crippen LogP contribution in [0.1, 0.15) is 22.5 Å². The summed E-state index contributed by atoms with van der Waals surface area (Å²) in [6.45, 7) is 3.44. The van der Waals surface area contributed by atoms with Gasteiger partial charge in [0, 0.05) is 17.8 Å². The summed E-state index contributed by atoms with van der Waals surface area (Å²) >= 11 is 5.88. The van der Waals surface area contributed by atoms with Crippen LogP contribution in [0.3, 0.4) is 0 Å². The number of rotatable bonds is 6. The Bertz CT molecular complexity index is 634. The number of halogens is 1. The molecule has 0 aliphatic heterocycles. The number of carbonyl (C=O) groups is 1. The second-order valence-electron chi connectivity index (χ2n) is 5.46. The molecular formula is C16H21ClN4O. The van der Waals surface area contributed by atoms with Gasteiger partial charge >= 0.3 is 0 Å². The Balaban J connectivity index is 2.03. The van der Waals surface area contributed by atoms with Gasteiger partial charge in [0.1, 0.15) is 0 Å². The van der Waals surface area contributed by atoms with E-state index in [1.165, 1.54) is 0 Å². The highest BCUT2D eigenvalue weighted by molar-refractivity contribution is 6.30. The lowest BCUT2D eigenvalue weighted by Crippen LogP contribution is -2.27. The average Bonchev–Trinajstić information content (AvgIpc) is 2.86. The zero-order chi connectivity index (χ0) is 16.1. The summed E-state index contributed by atoms with van der Waals surface area (Å²) in [5.41, 5.74) is 2.18. The van der Waals surface area contributed by atoms with Crippen molar-refractivity contribution in [3.05, 3.63) is 46.7 Å². The lowest BCUT2D eigenvalue weighted by molar-refractivity contribution is 0.0951. The van der Waals surface area contributed by atoms with Crippen LogP contribution in [0.5, 0.6) is 0 Å². The minimum atomic E-state index is -0.0866. The SMILES string of the molecule is Cc1nn(-c2ccc(Cl)cc2)cc1C(=O)NCCCN(C)C. The van der Waals surface area contributed by atoms with Gasteiger partial charge in [-0.15, -0.1) is 0 Å². The molecule has 1 aromatic carbocycles. The summed E-state index contributed by atoms with van der Waals surface area (Å²) < 4.78 is 1.69. The molecule has 1 N–H and O–H groups in total. The van der Waals surface area contributed by atoms with Crippen LogP contribution < -0.4 is 5.32 Å². The zero-order valence-corrected chi connectivity index (χ0v) is 13.9. The molecule has 0 atom stereocenters. The fourth-order valence-electron chi connectivity index (χ4n) is 2.10. The maximum absolute atomic E-state index is 12.2. The molecule has 1 aromatic heterocycles. The largest absolute Gasteiger partial charge is 0.352 e. The van der Waals surface area contributed by atoms with Gasteiger partial charge in [0.15, 0.2) is 0 Å². The van der Waals surface area contributed by atoms with Gasteiger partial charge in [0.2, 0.25) is 0 Å². The van der Waals surface area contributed by atoms with E-state index >= 15 is 0 Å². The molecule has 6 heteroatoms. The van der Waals surface area contributed by atoms with Crippen molar-refractivity contribution in [1.82, 2.24) is 20.0 Å². The zero-order valence-electron chi connectivity index (χ0n) is 13.1. The van der Waals surface area contributed by atoms with Crippen molar-refractivity contribution in [1.29, 1.82) is 0 Å². The van der Waals surface area contributed by atoms with Gasteiger partial charge in [-0.2, -0.15) is 5.10 Å². The number of benzene rings is 1. The number of hydrogen-bond donors (Lipinski definition) is 1. The standard InChI is InChI=1S/C16H21ClN4O/c1-12-15(16(22)18-9-4-10-20(2)3)11-21(19-12)14-7-5-13(17)6-8-14/h5-8,11H,4,9-10H2,1-3H3,(H,18,22). The Morgan fingerprint density at radius 1 is 1.32 bits per heavy atom. The van der Waals surface area contributed by atoms with Crippen LogP contribution in [-0.4, -0.2) is 47.8 Å². The van der Waals surface area contributed by atoms with Crippen molar-refractivity contribution < 1.29 is 4.79 Å². The first kappa shape index (κ1) is 16.5. The van der Waals surface area contributed by atoms with Crippen molar-refractivity contribution in [2.75, 3.05) is 27.2 Å². The summed E-state index contributed by atoms with van der Waals surface area (Å²) in [6, 6.07) is 7.34. The molecule has 0 saturated carbocycles. The van der Waals surface area contributed by atoms with E-state index in [4.69, 9.17) is 11.6 Å². The molecule has 0 spiro atoms. The molecular weight excluding hydrogens is 300 g/mol. The maximum atomic E-state index is 12.2. The highest BCUT2D eigenvalue weighted by Gasteiger charge is 2.13. The van der Waals surface area contributed by atoms with E-state index in [1.807, 2.05) is 33.2 Å². The summed E-state index contributed by atoms with van der Waals surface area (Å²) in [5, 5.41) is 7.99. The van der Waals surface area contributed by atoms with Crippen molar-refractivity contribution in [3.63, 3.8) is 0 Å². The highest BCUT2D eigenvalue weighted by atomic mass is 35.5. The lowest BCUT2D eigenvalue weighted by Gasteiger charge is -2.09. The number of nitrogens with one attached hydrogen (secondary N) is 1. The van der Waals surface area contributed by atoms with Gasteiger partial charge in [-0.3, -0.25) is 4.79 Å². The predicted molar refractivity (Wildman–Crippen MR) is 88.8 cm³/mol. The van der Waals surface area contributed by atoms with Crippen LogP contribution >= 0.6 is 11.6 Å². The molecule has 118 valence electrons. The van der Waals surface area contributed by atoms with Crippen molar-refractivity contribution in [2.24, 2.45) is 0 Å². The number of carbonyl (C=O) groups excluding carboxylic acids is 1. The molecule has 0 fully saturated rings. The summed E-state index contributed by atoms with van der Waals surface area (Å²) in [6.07, 6.45) is 2.67. The Labute approximate surface area is 135 Å².